The fourth-order valence-electron chi connectivity index (χ4n) is 16.3. The van der Waals surface area contributed by atoms with Gasteiger partial charge in [-0.15, -0.1) is 5.92 Å². The molecular weight excluding hydrogens is 1010 g/mol. The molecule has 3 spiro atoms. The Morgan fingerprint density at radius 1 is 1.01 bits per heavy atom. The molecule has 4 heterocycles. The average Bonchev–Trinajstić information content (AvgIpc) is 4.21. The van der Waals surface area contributed by atoms with Crippen LogP contribution in [0.2, 0.25) is 0 Å². The SMILES string of the molecule is CCOC(=O)CCc1cc2ccoc2c2c1O[C@@H]1O[C@@]3(CSS[C@]4(CC[C@]56C[C@@H](CNC)[C@@H](CC#C[C@@H](CCO)[C@@H](O)CC[C@@H]54)C6)[C@H](CC[C@@H](C)CCC[C@H]3O)NCCO2)[C@]2(O)C[C@@H]3C=C[C@@H](O)[C@@H](CO)[C@H]3[C@@]1(O)[C@H]2O. The van der Waals surface area contributed by atoms with Crippen molar-refractivity contribution in [1.82, 2.24) is 10.6 Å². The van der Waals surface area contributed by atoms with E-state index in [1.54, 1.807) is 35.9 Å². The zero-order valence-corrected chi connectivity index (χ0v) is 46.2. The first-order valence-corrected chi connectivity index (χ1v) is 30.8. The topological polar surface area (TPSA) is 253 Å². The third-order valence-corrected chi connectivity index (χ3v) is 23.4. The average molecular weight is 1100 g/mol. The maximum Gasteiger partial charge on any atom is 0.306 e. The number of carbonyl (C=O) groups is 1. The third-order valence-electron chi connectivity index (χ3n) is 20.0. The number of hydrogen-bond donors (Lipinski definition) is 10. The lowest BCUT2D eigenvalue weighted by atomic mass is 9.50. The molecule has 10 rings (SSSR count). The minimum Gasteiger partial charge on any atom is -0.485 e. The lowest BCUT2D eigenvalue weighted by Gasteiger charge is -2.67. The quantitative estimate of drug-likeness (QED) is 0.0685. The predicted molar refractivity (Wildman–Crippen MR) is 289 cm³/mol. The van der Waals surface area contributed by atoms with Gasteiger partial charge in [0.25, 0.3) is 0 Å². The number of benzene rings is 1. The summed E-state index contributed by atoms with van der Waals surface area (Å²) in [5, 5.41) is 107. The molecule has 76 heavy (non-hydrogen) atoms. The number of ether oxygens (including phenoxy) is 4. The minimum atomic E-state index is -2.52. The van der Waals surface area contributed by atoms with Gasteiger partial charge < -0.3 is 74.9 Å². The molecule has 5 fully saturated rings. The molecule has 0 amide bonds. The summed E-state index contributed by atoms with van der Waals surface area (Å²) >= 11 is 0. The van der Waals surface area contributed by atoms with Gasteiger partial charge in [0, 0.05) is 72.3 Å². The maximum atomic E-state index is 13.8. The van der Waals surface area contributed by atoms with Crippen molar-refractivity contribution in [3.8, 4) is 23.3 Å². The minimum absolute atomic E-state index is 0.0322. The first kappa shape index (κ1) is 56.7. The summed E-state index contributed by atoms with van der Waals surface area (Å²) in [7, 11) is 5.31. The number of hydrogen-bond acceptors (Lipinski definition) is 18. The highest BCUT2D eigenvalue weighted by Crippen LogP contribution is 2.70. The van der Waals surface area contributed by atoms with Gasteiger partial charge >= 0.3 is 5.97 Å². The van der Waals surface area contributed by atoms with E-state index in [1.807, 2.05) is 13.1 Å². The van der Waals surface area contributed by atoms with Gasteiger partial charge in [-0.3, -0.25) is 4.79 Å². The fourth-order valence-corrected chi connectivity index (χ4v) is 20.5. The highest BCUT2D eigenvalue weighted by Gasteiger charge is 2.78. The number of aliphatic hydroxyl groups excluding tert-OH is 6. The zero-order valence-electron chi connectivity index (χ0n) is 44.6. The molecule has 16 nitrogen and oxygen atoms in total. The van der Waals surface area contributed by atoms with Gasteiger partial charge in [0.15, 0.2) is 16.9 Å². The molecule has 19 atom stereocenters. The summed E-state index contributed by atoms with van der Waals surface area (Å²) in [6, 6.07) is 3.54. The van der Waals surface area contributed by atoms with E-state index in [0.29, 0.717) is 54.2 Å². The molecule has 1 aromatic heterocycles. The Kier molecular flexibility index (Phi) is 17.2. The van der Waals surface area contributed by atoms with E-state index in [2.05, 4.69) is 29.4 Å². The largest absolute Gasteiger partial charge is 0.485 e. The number of nitrogens with one attached hydrogen (secondary N) is 2. The molecule has 3 saturated carbocycles. The van der Waals surface area contributed by atoms with Gasteiger partial charge in [-0.1, -0.05) is 59.4 Å². The molecule has 2 aromatic rings. The van der Waals surface area contributed by atoms with Crippen LogP contribution in [0.1, 0.15) is 116 Å². The van der Waals surface area contributed by atoms with E-state index < -0.39 is 82.6 Å². The number of allylic oxidation sites excluding steroid dienone is 1. The van der Waals surface area contributed by atoms with Gasteiger partial charge in [-0.05, 0) is 150 Å². The van der Waals surface area contributed by atoms with Crippen LogP contribution in [0.25, 0.3) is 11.0 Å². The van der Waals surface area contributed by atoms with Crippen LogP contribution in [0.4, 0.5) is 0 Å². The first-order valence-electron chi connectivity index (χ1n) is 28.5. The molecular formula is C58H84N2O14S2. The Labute approximate surface area is 455 Å². The van der Waals surface area contributed by atoms with E-state index in [0.717, 1.165) is 64.3 Å². The molecule has 1 aromatic carbocycles. The lowest BCUT2D eigenvalue weighted by molar-refractivity contribution is -0.424. The number of esters is 1. The number of aliphatic hydroxyl groups is 8. The van der Waals surface area contributed by atoms with Gasteiger partial charge in [-0.2, -0.15) is 0 Å². The van der Waals surface area contributed by atoms with Crippen LogP contribution in [-0.2, 0) is 20.7 Å². The van der Waals surface area contributed by atoms with Crippen molar-refractivity contribution in [2.45, 2.75) is 175 Å². The second-order valence-electron chi connectivity index (χ2n) is 24.1. The summed E-state index contributed by atoms with van der Waals surface area (Å²) in [5.74, 6) is 4.59. The summed E-state index contributed by atoms with van der Waals surface area (Å²) in [4.78, 5) is 13.1. The highest BCUT2D eigenvalue weighted by atomic mass is 33.1. The Hall–Kier alpha value is -2.61. The fraction of sp³-hybridized carbons (Fsp3) is 0.776. The number of aryl methyl sites for hydroxylation is 1. The molecule has 0 radical (unpaired) electrons. The van der Waals surface area contributed by atoms with Crippen LogP contribution in [0.5, 0.6) is 11.5 Å². The van der Waals surface area contributed by atoms with E-state index in [4.69, 9.17) is 23.4 Å². The smallest absolute Gasteiger partial charge is 0.306 e. The van der Waals surface area contributed by atoms with Crippen molar-refractivity contribution in [1.29, 1.82) is 0 Å². The summed E-state index contributed by atoms with van der Waals surface area (Å²) in [6.07, 6.45) is 7.04. The summed E-state index contributed by atoms with van der Waals surface area (Å²) < 4.78 is 32.4. The van der Waals surface area contributed by atoms with Crippen LogP contribution >= 0.6 is 21.6 Å². The predicted octanol–water partition coefficient (Wildman–Crippen LogP) is 5.02. The molecule has 18 heteroatoms. The Morgan fingerprint density at radius 2 is 1.86 bits per heavy atom. The normalized spacial score (nSPS) is 43.6. The summed E-state index contributed by atoms with van der Waals surface area (Å²) in [5.41, 5.74) is -6.06. The van der Waals surface area contributed by atoms with Crippen molar-refractivity contribution in [3.63, 3.8) is 0 Å². The lowest BCUT2D eigenvalue weighted by Crippen LogP contribution is -2.86. The molecule has 0 unspecified atom stereocenters. The number of furan rings is 1. The van der Waals surface area contributed by atoms with Gasteiger partial charge in [-0.25, -0.2) is 0 Å². The molecule has 3 aliphatic heterocycles. The number of rotatable bonds is 9. The summed E-state index contributed by atoms with van der Waals surface area (Å²) in [6.45, 7) is 4.98. The Morgan fingerprint density at radius 3 is 2.64 bits per heavy atom. The Balaban J connectivity index is 1.16. The third kappa shape index (κ3) is 9.86. The highest BCUT2D eigenvalue weighted by molar-refractivity contribution is 8.77. The monoisotopic (exact) mass is 1100 g/mol. The second kappa shape index (κ2) is 23.1. The molecule has 422 valence electrons. The van der Waals surface area contributed by atoms with Crippen molar-refractivity contribution in [2.24, 2.45) is 52.8 Å². The van der Waals surface area contributed by atoms with Crippen LogP contribution in [-0.4, -0.2) is 157 Å². The van der Waals surface area contributed by atoms with Crippen molar-refractivity contribution in [3.05, 3.63) is 36.1 Å². The standard InChI is InChI=1S/C58H84N2O14S2/c1-4-70-47(66)18-13-36-27-37-20-25-71-49(37)51-50(36)73-53-58(69)48-39(12-14-43(64)41(48)32-62)30-56(68,52(58)67)57(74-53)33-75-76-55(45(60-23-26-72-51)17-11-34(2)7-5-10-46(57)65)22-21-54-28-38(40(29-54)31-59-3)9-6-8-35(19-24-61)42(63)15-16-44(54)55/h12,14,20,25,27,34-35,38-46,48,52-53,59-65,67-69H,4-5,7,9-11,13,15-19,21-24,26,28-33H2,1-3H3/t34-,35-,38-,39-,40-,41+,42-,43+,44-,45-,46+,48-,52-,53+,54-,55-,56-,57+,58+/m0/s1. The Bertz CT molecular complexity index is 2450. The molecule has 8 aliphatic rings. The zero-order chi connectivity index (χ0) is 53.6. The van der Waals surface area contributed by atoms with Crippen LogP contribution in [0.15, 0.2) is 35.0 Å². The van der Waals surface area contributed by atoms with E-state index in [-0.39, 0.29) is 92.0 Å². The van der Waals surface area contributed by atoms with Crippen molar-refractivity contribution in [2.75, 3.05) is 52.3 Å². The molecule has 7 bridgehead atoms. The van der Waals surface area contributed by atoms with Crippen LogP contribution in [0.3, 0.4) is 0 Å². The first-order chi connectivity index (χ1) is 36.6. The van der Waals surface area contributed by atoms with Crippen LogP contribution < -0.4 is 20.1 Å². The van der Waals surface area contributed by atoms with Gasteiger partial charge in [0.1, 0.15) is 23.9 Å². The number of carbonyl (C=O) groups excluding carboxylic acids is 1. The van der Waals surface area contributed by atoms with E-state index in [9.17, 15) is 45.6 Å². The molecule has 5 aliphatic carbocycles. The second-order valence-corrected chi connectivity index (χ2v) is 26.8. The van der Waals surface area contributed by atoms with Gasteiger partial charge in [0.2, 0.25) is 12.0 Å². The van der Waals surface area contributed by atoms with Gasteiger partial charge in [0.05, 0.1) is 31.2 Å². The van der Waals surface area contributed by atoms with E-state index in [1.165, 1.54) is 17.1 Å². The molecule has 10 N–H and O–H groups in total. The van der Waals surface area contributed by atoms with Crippen LogP contribution in [0, 0.1) is 64.6 Å². The van der Waals surface area contributed by atoms with E-state index >= 15 is 0 Å². The van der Waals surface area contributed by atoms with Crippen molar-refractivity contribution < 1.29 is 69.0 Å². The number of fused-ring (bicyclic) bond motifs is 12. The van der Waals surface area contributed by atoms with Crippen molar-refractivity contribution >= 4 is 38.5 Å². The molecule has 2 saturated heterocycles. The maximum absolute atomic E-state index is 13.8.